The van der Waals surface area contributed by atoms with E-state index in [1.807, 2.05) is 37.3 Å². The molecule has 1 heterocycles. The Morgan fingerprint density at radius 3 is 2.89 bits per heavy atom. The van der Waals surface area contributed by atoms with E-state index in [0.717, 1.165) is 17.9 Å². The Morgan fingerprint density at radius 2 is 2.11 bits per heavy atom. The van der Waals surface area contributed by atoms with E-state index in [2.05, 4.69) is 10.3 Å². The largest absolute Gasteiger partial charge is 0.457 e. The predicted octanol–water partition coefficient (Wildman–Crippen LogP) is 2.80. The van der Waals surface area contributed by atoms with Gasteiger partial charge in [0.1, 0.15) is 17.3 Å². The zero-order valence-electron chi connectivity index (χ0n) is 10.3. The standard InChI is InChI=1S/C14H16N2O2/c1-2-15-14-9-12(7-8-16-14)18-13-6-4-3-5-11(13)10-17/h3-9,17H,2,10H2,1H3,(H,15,16). The molecular weight excluding hydrogens is 228 g/mol. The summed E-state index contributed by atoms with van der Waals surface area (Å²) in [6, 6.07) is 11.0. The summed E-state index contributed by atoms with van der Waals surface area (Å²) in [5, 5.41) is 12.4. The van der Waals surface area contributed by atoms with Gasteiger partial charge in [-0.2, -0.15) is 0 Å². The lowest BCUT2D eigenvalue weighted by Gasteiger charge is -2.10. The molecule has 2 aromatic rings. The molecular formula is C14H16N2O2. The number of aromatic nitrogens is 1. The minimum Gasteiger partial charge on any atom is -0.457 e. The number of hydrogen-bond acceptors (Lipinski definition) is 4. The van der Waals surface area contributed by atoms with Gasteiger partial charge in [-0.1, -0.05) is 18.2 Å². The van der Waals surface area contributed by atoms with Gasteiger partial charge in [0.05, 0.1) is 6.61 Å². The second-order valence-corrected chi connectivity index (χ2v) is 3.78. The summed E-state index contributed by atoms with van der Waals surface area (Å²) in [5.41, 5.74) is 0.763. The Labute approximate surface area is 106 Å². The zero-order valence-corrected chi connectivity index (χ0v) is 10.3. The summed E-state index contributed by atoms with van der Waals surface area (Å²) >= 11 is 0. The molecule has 0 atom stereocenters. The van der Waals surface area contributed by atoms with Crippen LogP contribution < -0.4 is 10.1 Å². The molecule has 0 aliphatic rings. The van der Waals surface area contributed by atoms with E-state index >= 15 is 0 Å². The van der Waals surface area contributed by atoms with E-state index in [-0.39, 0.29) is 6.61 Å². The van der Waals surface area contributed by atoms with Crippen molar-refractivity contribution in [3.8, 4) is 11.5 Å². The Kier molecular flexibility index (Phi) is 4.15. The van der Waals surface area contributed by atoms with Crippen molar-refractivity contribution >= 4 is 5.82 Å². The summed E-state index contributed by atoms with van der Waals surface area (Å²) < 4.78 is 5.75. The van der Waals surface area contributed by atoms with E-state index in [1.165, 1.54) is 0 Å². The first-order valence-electron chi connectivity index (χ1n) is 5.90. The third kappa shape index (κ3) is 2.99. The summed E-state index contributed by atoms with van der Waals surface area (Å²) in [6.07, 6.45) is 1.69. The average molecular weight is 244 g/mol. The SMILES string of the molecule is CCNc1cc(Oc2ccccc2CO)ccn1. The molecule has 1 aromatic carbocycles. The Morgan fingerprint density at radius 1 is 1.28 bits per heavy atom. The number of para-hydroxylation sites is 1. The van der Waals surface area contributed by atoms with Crippen LogP contribution in [0.25, 0.3) is 0 Å². The highest BCUT2D eigenvalue weighted by molar-refractivity contribution is 5.43. The molecule has 0 fully saturated rings. The van der Waals surface area contributed by atoms with Crippen LogP contribution >= 0.6 is 0 Å². The Hall–Kier alpha value is -2.07. The smallest absolute Gasteiger partial charge is 0.132 e. The van der Waals surface area contributed by atoms with Gasteiger partial charge in [0, 0.05) is 24.4 Å². The molecule has 0 amide bonds. The average Bonchev–Trinajstić information content (AvgIpc) is 2.40. The van der Waals surface area contributed by atoms with Crippen LogP contribution in [0.1, 0.15) is 12.5 Å². The number of benzene rings is 1. The number of aliphatic hydroxyl groups is 1. The quantitative estimate of drug-likeness (QED) is 0.849. The third-order valence-electron chi connectivity index (χ3n) is 2.46. The van der Waals surface area contributed by atoms with Gasteiger partial charge < -0.3 is 15.2 Å². The molecule has 1 aromatic heterocycles. The number of ether oxygens (including phenoxy) is 1. The molecule has 2 N–H and O–H groups in total. The van der Waals surface area contributed by atoms with Crippen molar-refractivity contribution in [1.82, 2.24) is 4.98 Å². The highest BCUT2D eigenvalue weighted by Crippen LogP contribution is 2.26. The van der Waals surface area contributed by atoms with Crippen LogP contribution in [0.2, 0.25) is 0 Å². The predicted molar refractivity (Wildman–Crippen MR) is 70.8 cm³/mol. The van der Waals surface area contributed by atoms with Crippen LogP contribution in [-0.4, -0.2) is 16.6 Å². The highest BCUT2D eigenvalue weighted by atomic mass is 16.5. The molecule has 0 unspecified atom stereocenters. The zero-order chi connectivity index (χ0) is 12.8. The molecule has 94 valence electrons. The lowest BCUT2D eigenvalue weighted by Crippen LogP contribution is -1.99. The van der Waals surface area contributed by atoms with Crippen molar-refractivity contribution in [1.29, 1.82) is 0 Å². The first-order chi connectivity index (χ1) is 8.83. The minimum atomic E-state index is -0.0404. The van der Waals surface area contributed by atoms with E-state index in [4.69, 9.17) is 4.74 Å². The molecule has 2 rings (SSSR count). The summed E-state index contributed by atoms with van der Waals surface area (Å²) in [4.78, 5) is 4.17. The highest BCUT2D eigenvalue weighted by Gasteiger charge is 2.04. The second-order valence-electron chi connectivity index (χ2n) is 3.78. The molecule has 4 nitrogen and oxygen atoms in total. The van der Waals surface area contributed by atoms with Crippen LogP contribution in [0.3, 0.4) is 0 Å². The van der Waals surface area contributed by atoms with E-state index in [1.54, 1.807) is 12.3 Å². The Balaban J connectivity index is 2.20. The number of rotatable bonds is 5. The molecule has 0 bridgehead atoms. The van der Waals surface area contributed by atoms with Gasteiger partial charge in [-0.3, -0.25) is 0 Å². The molecule has 0 aliphatic heterocycles. The van der Waals surface area contributed by atoms with Crippen molar-refractivity contribution in [2.75, 3.05) is 11.9 Å². The number of anilines is 1. The van der Waals surface area contributed by atoms with Gasteiger partial charge in [-0.05, 0) is 19.1 Å². The topological polar surface area (TPSA) is 54.4 Å². The van der Waals surface area contributed by atoms with Crippen LogP contribution in [0.4, 0.5) is 5.82 Å². The molecule has 0 saturated carbocycles. The fraction of sp³-hybridized carbons (Fsp3) is 0.214. The Bertz CT molecular complexity index is 515. The van der Waals surface area contributed by atoms with E-state index < -0.39 is 0 Å². The van der Waals surface area contributed by atoms with Gasteiger partial charge in [0.25, 0.3) is 0 Å². The fourth-order valence-corrected chi connectivity index (χ4v) is 1.61. The van der Waals surface area contributed by atoms with Crippen molar-refractivity contribution in [3.63, 3.8) is 0 Å². The first kappa shape index (κ1) is 12.4. The third-order valence-corrected chi connectivity index (χ3v) is 2.46. The summed E-state index contributed by atoms with van der Waals surface area (Å²) in [6.45, 7) is 2.78. The van der Waals surface area contributed by atoms with Gasteiger partial charge >= 0.3 is 0 Å². The molecule has 0 spiro atoms. The normalized spacial score (nSPS) is 10.1. The monoisotopic (exact) mass is 244 g/mol. The maximum absolute atomic E-state index is 9.23. The first-order valence-corrected chi connectivity index (χ1v) is 5.90. The van der Waals surface area contributed by atoms with Crippen molar-refractivity contribution in [2.45, 2.75) is 13.5 Å². The molecule has 4 heteroatoms. The summed E-state index contributed by atoms with van der Waals surface area (Å²) in [5.74, 6) is 2.13. The van der Waals surface area contributed by atoms with Gasteiger partial charge in [-0.15, -0.1) is 0 Å². The van der Waals surface area contributed by atoms with Crippen molar-refractivity contribution in [3.05, 3.63) is 48.2 Å². The van der Waals surface area contributed by atoms with Gasteiger partial charge in [-0.25, -0.2) is 4.98 Å². The molecule has 0 aliphatic carbocycles. The second kappa shape index (κ2) is 6.02. The van der Waals surface area contributed by atoms with Crippen LogP contribution in [0, 0.1) is 0 Å². The lowest BCUT2D eigenvalue weighted by atomic mass is 10.2. The molecule has 18 heavy (non-hydrogen) atoms. The van der Waals surface area contributed by atoms with Crippen LogP contribution in [0.5, 0.6) is 11.5 Å². The number of pyridine rings is 1. The lowest BCUT2D eigenvalue weighted by molar-refractivity contribution is 0.276. The van der Waals surface area contributed by atoms with Gasteiger partial charge in [0.2, 0.25) is 0 Å². The minimum absolute atomic E-state index is 0.0404. The maximum Gasteiger partial charge on any atom is 0.132 e. The molecule has 0 radical (unpaired) electrons. The number of nitrogens with one attached hydrogen (secondary N) is 1. The summed E-state index contributed by atoms with van der Waals surface area (Å²) in [7, 11) is 0. The molecule has 0 saturated heterocycles. The van der Waals surface area contributed by atoms with Crippen molar-refractivity contribution < 1.29 is 9.84 Å². The van der Waals surface area contributed by atoms with Gasteiger partial charge in [0.15, 0.2) is 0 Å². The van der Waals surface area contributed by atoms with Crippen LogP contribution in [-0.2, 0) is 6.61 Å². The van der Waals surface area contributed by atoms with E-state index in [0.29, 0.717) is 11.5 Å². The van der Waals surface area contributed by atoms with E-state index in [9.17, 15) is 5.11 Å². The van der Waals surface area contributed by atoms with Crippen molar-refractivity contribution in [2.24, 2.45) is 0 Å². The number of aliphatic hydroxyl groups excluding tert-OH is 1. The number of hydrogen-bond donors (Lipinski definition) is 2. The maximum atomic E-state index is 9.23. The van der Waals surface area contributed by atoms with Crippen LogP contribution in [0.15, 0.2) is 42.6 Å². The number of nitrogens with zero attached hydrogens (tertiary/aromatic N) is 1. The fourth-order valence-electron chi connectivity index (χ4n) is 1.61.